The van der Waals surface area contributed by atoms with E-state index in [-0.39, 0.29) is 6.54 Å². The fourth-order valence-electron chi connectivity index (χ4n) is 2.81. The van der Waals surface area contributed by atoms with Crippen LogP contribution in [0.3, 0.4) is 0 Å². The second-order valence-corrected chi connectivity index (χ2v) is 8.76. The van der Waals surface area contributed by atoms with Gasteiger partial charge in [0.1, 0.15) is 11.8 Å². The second kappa shape index (κ2) is 9.30. The lowest BCUT2D eigenvalue weighted by molar-refractivity contribution is -0.122. The molecule has 0 fully saturated rings. The normalized spacial score (nSPS) is 12.3. The lowest BCUT2D eigenvalue weighted by Gasteiger charge is -2.29. The maximum atomic E-state index is 12.7. The topological polar surface area (TPSA) is 75.7 Å². The van der Waals surface area contributed by atoms with Crippen LogP contribution >= 0.6 is 11.6 Å². The van der Waals surface area contributed by atoms with Crippen LogP contribution in [0.4, 0.5) is 5.69 Å². The van der Waals surface area contributed by atoms with Crippen molar-refractivity contribution in [2.75, 3.05) is 17.2 Å². The van der Waals surface area contributed by atoms with Crippen molar-refractivity contribution in [1.29, 1.82) is 0 Å². The van der Waals surface area contributed by atoms with E-state index >= 15 is 0 Å². The molecule has 1 atom stereocenters. The molecule has 0 heterocycles. The van der Waals surface area contributed by atoms with Crippen molar-refractivity contribution in [2.24, 2.45) is 0 Å². The summed E-state index contributed by atoms with van der Waals surface area (Å²) in [6.45, 7) is 6.09. The molecule has 6 nitrogen and oxygen atoms in total. The predicted molar refractivity (Wildman–Crippen MR) is 112 cm³/mol. The molecular weight excluding hydrogens is 400 g/mol. The third-order valence-electron chi connectivity index (χ3n) is 4.20. The molecule has 28 heavy (non-hydrogen) atoms. The van der Waals surface area contributed by atoms with E-state index in [1.165, 1.54) is 0 Å². The van der Waals surface area contributed by atoms with E-state index in [1.807, 2.05) is 31.2 Å². The number of carbonyl (C=O) groups excluding carboxylic acids is 1. The van der Waals surface area contributed by atoms with Crippen LogP contribution in [0.1, 0.15) is 25.0 Å². The number of benzene rings is 2. The summed E-state index contributed by atoms with van der Waals surface area (Å²) in [6.07, 6.45) is 1.07. The molecule has 1 unspecified atom stereocenters. The summed E-state index contributed by atoms with van der Waals surface area (Å²) in [7, 11) is -3.70. The number of ether oxygens (including phenoxy) is 1. The van der Waals surface area contributed by atoms with E-state index in [4.69, 9.17) is 16.3 Å². The van der Waals surface area contributed by atoms with E-state index in [9.17, 15) is 13.2 Å². The summed E-state index contributed by atoms with van der Waals surface area (Å²) in [5, 5.41) is 3.19. The number of aryl methyl sites for hydroxylation is 1. The van der Waals surface area contributed by atoms with Crippen LogP contribution < -0.4 is 14.4 Å². The highest BCUT2D eigenvalue weighted by Gasteiger charge is 2.30. The molecule has 8 heteroatoms. The number of hydrogen-bond acceptors (Lipinski definition) is 4. The summed E-state index contributed by atoms with van der Waals surface area (Å²) < 4.78 is 31.3. The largest absolute Gasteiger partial charge is 0.494 e. The Balaban J connectivity index is 2.16. The van der Waals surface area contributed by atoms with Gasteiger partial charge in [0.25, 0.3) is 0 Å². The van der Waals surface area contributed by atoms with Gasteiger partial charge in [-0.3, -0.25) is 9.10 Å². The van der Waals surface area contributed by atoms with Gasteiger partial charge < -0.3 is 10.1 Å². The first-order valence-corrected chi connectivity index (χ1v) is 11.1. The molecule has 0 saturated heterocycles. The van der Waals surface area contributed by atoms with Crippen molar-refractivity contribution in [3.8, 4) is 5.75 Å². The molecule has 0 aliphatic rings. The molecule has 1 amide bonds. The van der Waals surface area contributed by atoms with Crippen LogP contribution in [-0.2, 0) is 21.4 Å². The van der Waals surface area contributed by atoms with Gasteiger partial charge in [0, 0.05) is 11.6 Å². The van der Waals surface area contributed by atoms with Gasteiger partial charge in [-0.25, -0.2) is 8.42 Å². The van der Waals surface area contributed by atoms with Crippen LogP contribution in [0.2, 0.25) is 5.02 Å². The number of carbonyl (C=O) groups is 1. The molecule has 2 aromatic carbocycles. The molecule has 0 bridgehead atoms. The molecule has 2 aromatic rings. The van der Waals surface area contributed by atoms with Gasteiger partial charge in [0.05, 0.1) is 18.6 Å². The van der Waals surface area contributed by atoms with Gasteiger partial charge in [-0.2, -0.15) is 0 Å². The zero-order valence-corrected chi connectivity index (χ0v) is 18.0. The van der Waals surface area contributed by atoms with Crippen LogP contribution in [0.25, 0.3) is 0 Å². The Kier molecular flexibility index (Phi) is 7.32. The first-order chi connectivity index (χ1) is 13.1. The van der Waals surface area contributed by atoms with Gasteiger partial charge in [0.2, 0.25) is 15.9 Å². The van der Waals surface area contributed by atoms with Crippen LogP contribution in [0, 0.1) is 6.92 Å². The van der Waals surface area contributed by atoms with E-state index < -0.39 is 22.0 Å². The summed E-state index contributed by atoms with van der Waals surface area (Å²) in [4.78, 5) is 12.7. The van der Waals surface area contributed by atoms with Gasteiger partial charge in [-0.05, 0) is 56.2 Å². The Morgan fingerprint density at radius 1 is 1.21 bits per heavy atom. The minimum absolute atomic E-state index is 0.279. The molecule has 0 aromatic heterocycles. The minimum Gasteiger partial charge on any atom is -0.494 e. The van der Waals surface area contributed by atoms with Crippen molar-refractivity contribution in [2.45, 2.75) is 33.4 Å². The number of rotatable bonds is 8. The monoisotopic (exact) mass is 424 g/mol. The summed E-state index contributed by atoms with van der Waals surface area (Å²) in [6, 6.07) is 11.4. The third kappa shape index (κ3) is 5.62. The Hall–Kier alpha value is -2.25. The number of nitrogens with zero attached hydrogens (tertiary/aromatic N) is 1. The van der Waals surface area contributed by atoms with E-state index in [2.05, 4.69) is 5.32 Å². The highest BCUT2D eigenvalue weighted by atomic mass is 35.5. The number of hydrogen-bond donors (Lipinski definition) is 1. The SMILES string of the molecule is CCOc1ccc(CNC(=O)C(C)N(c2cc(Cl)ccc2C)S(C)(=O)=O)cc1. The summed E-state index contributed by atoms with van der Waals surface area (Å²) >= 11 is 6.04. The van der Waals surface area contributed by atoms with Gasteiger partial charge in [-0.15, -0.1) is 0 Å². The molecule has 152 valence electrons. The highest BCUT2D eigenvalue weighted by molar-refractivity contribution is 7.92. The van der Waals surface area contributed by atoms with Crippen molar-refractivity contribution in [3.05, 3.63) is 58.6 Å². The molecule has 0 saturated carbocycles. The molecule has 0 spiro atoms. The first-order valence-electron chi connectivity index (χ1n) is 8.88. The minimum atomic E-state index is -3.70. The standard InChI is InChI=1S/C20H25ClN2O4S/c1-5-27-18-10-7-16(8-11-18)13-22-20(24)15(3)23(28(4,25)26)19-12-17(21)9-6-14(19)2/h6-12,15H,5,13H2,1-4H3,(H,22,24). The van der Waals surface area contributed by atoms with E-state index in [0.29, 0.717) is 22.9 Å². The summed E-state index contributed by atoms with van der Waals surface area (Å²) in [5.41, 5.74) is 1.98. The van der Waals surface area contributed by atoms with Gasteiger partial charge >= 0.3 is 0 Å². The fraction of sp³-hybridized carbons (Fsp3) is 0.350. The van der Waals surface area contributed by atoms with Crippen molar-refractivity contribution in [1.82, 2.24) is 5.32 Å². The van der Waals surface area contributed by atoms with Crippen molar-refractivity contribution in [3.63, 3.8) is 0 Å². The second-order valence-electron chi connectivity index (χ2n) is 6.46. The first kappa shape index (κ1) is 22.0. The molecule has 2 rings (SSSR count). The molecule has 0 aliphatic carbocycles. The fourth-order valence-corrected chi connectivity index (χ4v) is 4.20. The maximum absolute atomic E-state index is 12.7. The Morgan fingerprint density at radius 2 is 1.86 bits per heavy atom. The van der Waals surface area contributed by atoms with Gasteiger partial charge in [0.15, 0.2) is 0 Å². The zero-order valence-electron chi connectivity index (χ0n) is 16.4. The zero-order chi connectivity index (χ0) is 20.9. The number of anilines is 1. The number of nitrogens with one attached hydrogen (secondary N) is 1. The number of sulfonamides is 1. The molecule has 1 N–H and O–H groups in total. The Labute approximate surface area is 171 Å². The van der Waals surface area contributed by atoms with Crippen molar-refractivity contribution < 1.29 is 17.9 Å². The highest BCUT2D eigenvalue weighted by Crippen LogP contribution is 2.28. The average molecular weight is 425 g/mol. The quantitative estimate of drug-likeness (QED) is 0.703. The molecule has 0 aliphatic heterocycles. The predicted octanol–water partition coefficient (Wildman–Crippen LogP) is 3.52. The number of amides is 1. The third-order valence-corrected chi connectivity index (χ3v) is 5.66. The Bertz CT molecular complexity index is 930. The van der Waals surface area contributed by atoms with Gasteiger partial charge in [-0.1, -0.05) is 29.8 Å². The lowest BCUT2D eigenvalue weighted by atomic mass is 10.1. The molecular formula is C20H25ClN2O4S. The van der Waals surface area contributed by atoms with E-state index in [1.54, 1.807) is 32.0 Å². The Morgan fingerprint density at radius 3 is 2.43 bits per heavy atom. The number of halogens is 1. The lowest BCUT2D eigenvalue weighted by Crippen LogP contribution is -2.48. The van der Waals surface area contributed by atoms with E-state index in [0.717, 1.165) is 21.9 Å². The van der Waals surface area contributed by atoms with Crippen molar-refractivity contribution >= 4 is 33.2 Å². The molecule has 0 radical (unpaired) electrons. The van der Waals surface area contributed by atoms with Crippen LogP contribution in [0.5, 0.6) is 5.75 Å². The maximum Gasteiger partial charge on any atom is 0.243 e. The van der Waals surface area contributed by atoms with Crippen LogP contribution in [0.15, 0.2) is 42.5 Å². The summed E-state index contributed by atoms with van der Waals surface area (Å²) in [5.74, 6) is 0.351. The average Bonchev–Trinajstić information content (AvgIpc) is 2.63. The smallest absolute Gasteiger partial charge is 0.243 e. The van der Waals surface area contributed by atoms with Crippen LogP contribution in [-0.4, -0.2) is 33.2 Å².